The van der Waals surface area contributed by atoms with E-state index in [1.54, 1.807) is 37.3 Å². The van der Waals surface area contributed by atoms with Gasteiger partial charge in [0, 0.05) is 31.2 Å². The zero-order valence-electron chi connectivity index (χ0n) is 29.3. The minimum atomic E-state index is -1.47. The number of aromatic amines is 1. The van der Waals surface area contributed by atoms with E-state index in [9.17, 15) is 38.7 Å². The molecule has 1 heterocycles. The highest BCUT2D eigenvalue weighted by molar-refractivity contribution is 5.96. The number of aliphatic hydroxyl groups excluding tert-OH is 1. The summed E-state index contributed by atoms with van der Waals surface area (Å²) in [6, 6.07) is 2.60. The number of rotatable bonds is 20. The van der Waals surface area contributed by atoms with E-state index in [2.05, 4.69) is 41.9 Å². The van der Waals surface area contributed by atoms with Gasteiger partial charge in [-0.3, -0.25) is 38.8 Å². The van der Waals surface area contributed by atoms with Crippen molar-refractivity contribution < 1.29 is 43.9 Å². The van der Waals surface area contributed by atoms with Gasteiger partial charge in [-0.15, -0.1) is 0 Å². The van der Waals surface area contributed by atoms with Gasteiger partial charge in [-0.1, -0.05) is 51.1 Å². The van der Waals surface area contributed by atoms with Gasteiger partial charge in [0.15, 0.2) is 0 Å². The molecule has 0 fully saturated rings. The number of benzene rings is 1. The second-order valence-electron chi connectivity index (χ2n) is 12.4. The fraction of sp³-hybridized carbons (Fsp3) is 0.515. The van der Waals surface area contributed by atoms with Gasteiger partial charge in [0.05, 0.1) is 19.0 Å². The molecule has 0 spiro atoms. The highest BCUT2D eigenvalue weighted by Crippen LogP contribution is 2.08. The van der Waals surface area contributed by atoms with E-state index in [4.69, 9.17) is 5.21 Å². The van der Waals surface area contributed by atoms with Crippen LogP contribution in [-0.4, -0.2) is 104 Å². The molecule has 51 heavy (non-hydrogen) atoms. The Labute approximate surface area is 295 Å². The Hall–Kier alpha value is -5.36. The maximum Gasteiger partial charge on any atom is 0.265 e. The van der Waals surface area contributed by atoms with Crippen LogP contribution < -0.4 is 37.4 Å². The Morgan fingerprint density at radius 2 is 1.35 bits per heavy atom. The summed E-state index contributed by atoms with van der Waals surface area (Å²) < 4.78 is 0. The number of carbonyl (C=O) groups excluding carboxylic acids is 7. The Morgan fingerprint density at radius 3 is 1.92 bits per heavy atom. The number of imidazole rings is 1. The lowest BCUT2D eigenvalue weighted by Crippen LogP contribution is -2.59. The fourth-order valence-corrected chi connectivity index (χ4v) is 4.81. The largest absolute Gasteiger partial charge is 0.391 e. The van der Waals surface area contributed by atoms with Crippen LogP contribution in [-0.2, 0) is 46.4 Å². The fourth-order valence-electron chi connectivity index (χ4n) is 4.81. The molecule has 18 heteroatoms. The van der Waals surface area contributed by atoms with Crippen LogP contribution in [0.15, 0.2) is 42.9 Å². The normalized spacial score (nSPS) is 14.4. The van der Waals surface area contributed by atoms with Crippen LogP contribution in [0.25, 0.3) is 0 Å². The third-order valence-corrected chi connectivity index (χ3v) is 7.57. The maximum atomic E-state index is 13.6. The number of hydroxylamine groups is 1. The van der Waals surface area contributed by atoms with Crippen molar-refractivity contribution in [3.05, 3.63) is 54.1 Å². The molecule has 18 nitrogen and oxygen atoms in total. The van der Waals surface area contributed by atoms with Crippen LogP contribution in [0.3, 0.4) is 0 Å². The van der Waals surface area contributed by atoms with E-state index in [1.807, 2.05) is 13.8 Å². The number of hydrogen-bond acceptors (Lipinski definition) is 10. The summed E-state index contributed by atoms with van der Waals surface area (Å²) in [6.45, 7) is 7.30. The molecule has 6 atom stereocenters. The number of aromatic nitrogens is 2. The first-order valence-corrected chi connectivity index (χ1v) is 16.6. The molecule has 0 aliphatic carbocycles. The van der Waals surface area contributed by atoms with Gasteiger partial charge in [0.2, 0.25) is 35.4 Å². The third-order valence-electron chi connectivity index (χ3n) is 7.57. The lowest BCUT2D eigenvalue weighted by molar-refractivity contribution is -0.136. The number of carbonyl (C=O) groups is 7. The first-order valence-electron chi connectivity index (χ1n) is 16.6. The lowest BCUT2D eigenvalue weighted by Gasteiger charge is -2.26. The van der Waals surface area contributed by atoms with Gasteiger partial charge in [0.1, 0.15) is 30.2 Å². The SMILES string of the molecule is CCC(=O)N[C@@H](CC(C)C)C(=O)N[C@H](C(=O)NCC(=O)N[C@@H](Cc1ccccc1)C(=O)N[C@@H](Cc1cnc[nH]1)C(=O)N[C@@H](C)C(=O)NO)[C@@H](C)O. The number of hydrogen-bond donors (Lipinski definition) is 10. The van der Waals surface area contributed by atoms with Crippen molar-refractivity contribution in [3.63, 3.8) is 0 Å². The molecule has 7 amide bonds. The van der Waals surface area contributed by atoms with E-state index in [0.717, 1.165) is 0 Å². The van der Waals surface area contributed by atoms with E-state index >= 15 is 0 Å². The Balaban J connectivity index is 2.19. The van der Waals surface area contributed by atoms with Gasteiger partial charge >= 0.3 is 0 Å². The van der Waals surface area contributed by atoms with Crippen LogP contribution in [0.5, 0.6) is 0 Å². The number of aliphatic hydroxyl groups is 1. The van der Waals surface area contributed by atoms with Crippen molar-refractivity contribution in [1.29, 1.82) is 0 Å². The van der Waals surface area contributed by atoms with E-state index in [1.165, 1.54) is 31.9 Å². The van der Waals surface area contributed by atoms with Crippen molar-refractivity contribution in [2.45, 2.75) is 96.6 Å². The monoisotopic (exact) mass is 715 g/mol. The summed E-state index contributed by atoms with van der Waals surface area (Å²) in [4.78, 5) is 96.5. The molecule has 0 aliphatic heterocycles. The summed E-state index contributed by atoms with van der Waals surface area (Å²) in [6.07, 6.45) is 1.78. The number of H-pyrrole nitrogens is 1. The minimum absolute atomic E-state index is 0.0127. The highest BCUT2D eigenvalue weighted by atomic mass is 16.5. The van der Waals surface area contributed by atoms with E-state index in [0.29, 0.717) is 11.3 Å². The molecule has 280 valence electrons. The predicted molar refractivity (Wildman–Crippen MR) is 182 cm³/mol. The quantitative estimate of drug-likeness (QED) is 0.0537. The second-order valence-corrected chi connectivity index (χ2v) is 12.4. The average Bonchev–Trinajstić information content (AvgIpc) is 3.61. The van der Waals surface area contributed by atoms with Crippen LogP contribution in [0.2, 0.25) is 0 Å². The first kappa shape index (κ1) is 41.8. The van der Waals surface area contributed by atoms with Gasteiger partial charge in [-0.05, 0) is 31.7 Å². The van der Waals surface area contributed by atoms with Crippen molar-refractivity contribution in [2.75, 3.05) is 6.54 Å². The summed E-state index contributed by atoms with van der Waals surface area (Å²) in [5, 5.41) is 34.2. The lowest BCUT2D eigenvalue weighted by atomic mass is 10.0. The van der Waals surface area contributed by atoms with Crippen molar-refractivity contribution in [1.82, 2.24) is 47.3 Å². The standard InChI is InChI=1S/C33H49N9O9/c1-6-26(44)38-23(12-18(2)3)32(49)41-28(20(5)43)33(50)35-16-27(45)39-24(13-21-10-8-7-9-11-21)31(48)40-25(14-22-15-34-17-36-22)30(47)37-19(4)29(46)42-51/h7-11,15,17-20,23-25,28,43,51H,6,12-14,16H2,1-5H3,(H,34,36)(H,35,50)(H,37,47)(H,38,44)(H,39,45)(H,40,48)(H,41,49)(H,42,46)/t19-,20+,23-,24-,25-,28-/m0/s1. The van der Waals surface area contributed by atoms with E-state index < -0.39 is 78.3 Å². The zero-order valence-corrected chi connectivity index (χ0v) is 29.3. The first-order chi connectivity index (χ1) is 24.1. The summed E-state index contributed by atoms with van der Waals surface area (Å²) in [5.41, 5.74) is 2.58. The van der Waals surface area contributed by atoms with Crippen molar-refractivity contribution in [3.8, 4) is 0 Å². The van der Waals surface area contributed by atoms with Crippen LogP contribution in [0.4, 0.5) is 0 Å². The van der Waals surface area contributed by atoms with Gasteiger partial charge in [-0.25, -0.2) is 10.5 Å². The molecular weight excluding hydrogens is 666 g/mol. The van der Waals surface area contributed by atoms with Crippen LogP contribution >= 0.6 is 0 Å². The molecule has 0 bridgehead atoms. The van der Waals surface area contributed by atoms with E-state index in [-0.39, 0.29) is 37.5 Å². The summed E-state index contributed by atoms with van der Waals surface area (Å²) in [7, 11) is 0. The molecule has 1 aromatic carbocycles. The van der Waals surface area contributed by atoms with Gasteiger partial charge in [-0.2, -0.15) is 0 Å². The third kappa shape index (κ3) is 14.6. The average molecular weight is 716 g/mol. The summed E-state index contributed by atoms with van der Waals surface area (Å²) >= 11 is 0. The summed E-state index contributed by atoms with van der Waals surface area (Å²) in [5.74, 6) is -5.13. The Bertz CT molecular complexity index is 1470. The minimum Gasteiger partial charge on any atom is -0.391 e. The molecule has 2 rings (SSSR count). The van der Waals surface area contributed by atoms with Crippen molar-refractivity contribution in [2.24, 2.45) is 5.92 Å². The number of amides is 7. The topological polar surface area (TPSA) is 273 Å². The molecule has 0 saturated heterocycles. The van der Waals surface area contributed by atoms with Crippen molar-refractivity contribution >= 4 is 41.4 Å². The molecular formula is C33H49N9O9. The highest BCUT2D eigenvalue weighted by Gasteiger charge is 2.32. The molecule has 10 N–H and O–H groups in total. The Kier molecular flexibility index (Phi) is 17.2. The smallest absolute Gasteiger partial charge is 0.265 e. The Morgan fingerprint density at radius 1 is 0.745 bits per heavy atom. The second kappa shape index (κ2) is 21.0. The molecule has 0 unspecified atom stereocenters. The van der Waals surface area contributed by atoms with Gasteiger partial charge in [0.25, 0.3) is 5.91 Å². The molecule has 1 aromatic heterocycles. The molecule has 0 saturated carbocycles. The van der Waals surface area contributed by atoms with Gasteiger partial charge < -0.3 is 42.0 Å². The zero-order chi connectivity index (χ0) is 38.1. The maximum absolute atomic E-state index is 13.6. The molecule has 0 radical (unpaired) electrons. The predicted octanol–water partition coefficient (Wildman–Crippen LogP) is -1.90. The number of nitrogens with one attached hydrogen (secondary N) is 8. The molecule has 0 aliphatic rings. The number of nitrogens with zero attached hydrogens (tertiary/aromatic N) is 1. The molecule has 2 aromatic rings. The van der Waals surface area contributed by atoms with Crippen LogP contribution in [0, 0.1) is 5.92 Å². The van der Waals surface area contributed by atoms with Crippen LogP contribution in [0.1, 0.15) is 58.7 Å².